The molecule has 0 fully saturated rings. The number of nitrogens with two attached hydrogens (primary N) is 1. The second-order valence-corrected chi connectivity index (χ2v) is 5.97. The molecule has 0 saturated carbocycles. The van der Waals surface area contributed by atoms with Crippen LogP contribution in [-0.4, -0.2) is 4.98 Å². The van der Waals surface area contributed by atoms with Crippen molar-refractivity contribution in [1.29, 1.82) is 0 Å². The van der Waals surface area contributed by atoms with Gasteiger partial charge in [-0.25, -0.2) is 4.98 Å². The van der Waals surface area contributed by atoms with E-state index in [4.69, 9.17) is 17.3 Å². The van der Waals surface area contributed by atoms with Crippen molar-refractivity contribution in [2.24, 2.45) is 5.73 Å². The van der Waals surface area contributed by atoms with Gasteiger partial charge in [0.1, 0.15) is 0 Å². The Morgan fingerprint density at radius 1 is 1.50 bits per heavy atom. The summed E-state index contributed by atoms with van der Waals surface area (Å²) in [6, 6.07) is 5.93. The lowest BCUT2D eigenvalue weighted by molar-refractivity contribution is 0.817. The lowest BCUT2D eigenvalue weighted by atomic mass is 10.1. The van der Waals surface area contributed by atoms with Crippen molar-refractivity contribution in [3.05, 3.63) is 40.4 Å². The molecule has 0 saturated heterocycles. The molecular formula is C11H11ClN2S2. The van der Waals surface area contributed by atoms with Crippen LogP contribution in [0.3, 0.4) is 0 Å². The van der Waals surface area contributed by atoms with Crippen LogP contribution >= 0.6 is 34.7 Å². The van der Waals surface area contributed by atoms with Gasteiger partial charge in [-0.2, -0.15) is 0 Å². The molecule has 5 heteroatoms. The van der Waals surface area contributed by atoms with Gasteiger partial charge in [-0.3, -0.25) is 0 Å². The summed E-state index contributed by atoms with van der Waals surface area (Å²) >= 11 is 9.37. The Labute approximate surface area is 108 Å². The predicted octanol–water partition coefficient (Wildman–Crippen LogP) is 3.97. The third-order valence-corrected chi connectivity index (χ3v) is 4.47. The van der Waals surface area contributed by atoms with Crippen LogP contribution in [0.1, 0.15) is 18.5 Å². The van der Waals surface area contributed by atoms with E-state index in [0.29, 0.717) is 0 Å². The Morgan fingerprint density at radius 2 is 2.31 bits per heavy atom. The maximum atomic E-state index is 6.19. The molecule has 0 radical (unpaired) electrons. The second kappa shape index (κ2) is 5.19. The summed E-state index contributed by atoms with van der Waals surface area (Å²) in [5, 5.41) is 2.68. The molecule has 1 aromatic heterocycles. The SMILES string of the molecule is C[C@H](N)c1ccc(Sc2nccs2)c(Cl)c1. The molecule has 0 spiro atoms. The fourth-order valence-corrected chi connectivity index (χ4v) is 3.13. The van der Waals surface area contributed by atoms with Crippen molar-refractivity contribution < 1.29 is 0 Å². The molecule has 0 amide bonds. The fourth-order valence-electron chi connectivity index (χ4n) is 1.24. The molecule has 0 bridgehead atoms. The zero-order chi connectivity index (χ0) is 11.5. The van der Waals surface area contributed by atoms with Crippen molar-refractivity contribution in [2.45, 2.75) is 22.2 Å². The number of halogens is 1. The number of rotatable bonds is 3. The first-order valence-electron chi connectivity index (χ1n) is 4.79. The third-order valence-electron chi connectivity index (χ3n) is 2.09. The molecule has 0 aliphatic carbocycles. The zero-order valence-corrected chi connectivity index (χ0v) is 11.1. The number of aromatic nitrogens is 1. The van der Waals surface area contributed by atoms with Crippen molar-refractivity contribution >= 4 is 34.7 Å². The van der Waals surface area contributed by atoms with Gasteiger partial charge in [0.15, 0.2) is 4.34 Å². The molecule has 2 rings (SSSR count). The molecule has 16 heavy (non-hydrogen) atoms. The van der Waals surface area contributed by atoms with Crippen LogP contribution in [0.25, 0.3) is 0 Å². The average Bonchev–Trinajstić information content (AvgIpc) is 2.73. The maximum Gasteiger partial charge on any atom is 0.154 e. The first-order valence-corrected chi connectivity index (χ1v) is 6.86. The molecule has 2 nitrogen and oxygen atoms in total. The first kappa shape index (κ1) is 11.9. The second-order valence-electron chi connectivity index (χ2n) is 3.38. The number of thiazole rings is 1. The van der Waals surface area contributed by atoms with E-state index in [2.05, 4.69) is 4.98 Å². The van der Waals surface area contributed by atoms with Gasteiger partial charge in [0, 0.05) is 22.5 Å². The quantitative estimate of drug-likeness (QED) is 0.917. The topological polar surface area (TPSA) is 38.9 Å². The van der Waals surface area contributed by atoms with Crippen LogP contribution < -0.4 is 5.73 Å². The monoisotopic (exact) mass is 270 g/mol. The fraction of sp³-hybridized carbons (Fsp3) is 0.182. The highest BCUT2D eigenvalue weighted by Gasteiger charge is 2.07. The van der Waals surface area contributed by atoms with E-state index in [9.17, 15) is 0 Å². The van der Waals surface area contributed by atoms with Crippen LogP contribution in [-0.2, 0) is 0 Å². The van der Waals surface area contributed by atoms with Crippen molar-refractivity contribution in [3.8, 4) is 0 Å². The lowest BCUT2D eigenvalue weighted by Gasteiger charge is -2.08. The smallest absolute Gasteiger partial charge is 0.154 e. The molecule has 84 valence electrons. The average molecular weight is 271 g/mol. The minimum Gasteiger partial charge on any atom is -0.324 e. The van der Waals surface area contributed by atoms with Crippen LogP contribution in [0.4, 0.5) is 0 Å². The molecule has 1 heterocycles. The number of hydrogen-bond acceptors (Lipinski definition) is 4. The molecule has 2 aromatic rings. The number of benzene rings is 1. The Hall–Kier alpha value is -0.550. The van der Waals surface area contributed by atoms with Gasteiger partial charge < -0.3 is 5.73 Å². The molecule has 0 aliphatic rings. The molecule has 0 unspecified atom stereocenters. The molecular weight excluding hydrogens is 260 g/mol. The molecule has 2 N–H and O–H groups in total. The van der Waals surface area contributed by atoms with Crippen molar-refractivity contribution in [2.75, 3.05) is 0 Å². The summed E-state index contributed by atoms with van der Waals surface area (Å²) in [7, 11) is 0. The number of nitrogens with zero attached hydrogens (tertiary/aromatic N) is 1. The van der Waals surface area contributed by atoms with Crippen LogP contribution in [0.15, 0.2) is 39.0 Å². The van der Waals surface area contributed by atoms with Gasteiger partial charge in [0.05, 0.1) is 5.02 Å². The summed E-state index contributed by atoms with van der Waals surface area (Å²) in [6.07, 6.45) is 1.79. The van der Waals surface area contributed by atoms with E-state index in [1.807, 2.05) is 30.5 Å². The van der Waals surface area contributed by atoms with Crippen LogP contribution in [0.2, 0.25) is 5.02 Å². The summed E-state index contributed by atoms with van der Waals surface area (Å²) in [5.41, 5.74) is 6.84. The third kappa shape index (κ3) is 2.77. The Balaban J connectivity index is 2.23. The standard InChI is InChI=1S/C11H11ClN2S2/c1-7(13)8-2-3-10(9(12)6-8)16-11-14-4-5-15-11/h2-7H,13H2,1H3/t7-/m0/s1. The van der Waals surface area contributed by atoms with Crippen LogP contribution in [0.5, 0.6) is 0 Å². The molecule has 1 atom stereocenters. The van der Waals surface area contributed by atoms with Gasteiger partial charge in [-0.15, -0.1) is 11.3 Å². The van der Waals surface area contributed by atoms with Crippen LogP contribution in [0, 0.1) is 0 Å². The maximum absolute atomic E-state index is 6.19. The Morgan fingerprint density at radius 3 is 2.88 bits per heavy atom. The first-order chi connectivity index (χ1) is 7.66. The largest absolute Gasteiger partial charge is 0.324 e. The van der Waals surface area contributed by atoms with Gasteiger partial charge >= 0.3 is 0 Å². The van der Waals surface area contributed by atoms with Crippen molar-refractivity contribution in [3.63, 3.8) is 0 Å². The zero-order valence-electron chi connectivity index (χ0n) is 8.68. The minimum atomic E-state index is 0.0106. The highest BCUT2D eigenvalue weighted by molar-refractivity contribution is 8.01. The highest BCUT2D eigenvalue weighted by atomic mass is 35.5. The summed E-state index contributed by atoms with van der Waals surface area (Å²) in [6.45, 7) is 1.94. The normalized spacial score (nSPS) is 12.7. The van der Waals surface area contributed by atoms with E-state index in [0.717, 1.165) is 19.8 Å². The van der Waals surface area contributed by atoms with E-state index in [-0.39, 0.29) is 6.04 Å². The van der Waals surface area contributed by atoms with Gasteiger partial charge in [-0.1, -0.05) is 29.4 Å². The Kier molecular flexibility index (Phi) is 3.86. The van der Waals surface area contributed by atoms with Gasteiger partial charge in [-0.05, 0) is 24.6 Å². The number of hydrogen-bond donors (Lipinski definition) is 1. The van der Waals surface area contributed by atoms with Gasteiger partial charge in [0.2, 0.25) is 0 Å². The summed E-state index contributed by atoms with van der Waals surface area (Å²) in [5.74, 6) is 0. The molecule has 1 aromatic carbocycles. The van der Waals surface area contributed by atoms with E-state index in [1.165, 1.54) is 0 Å². The van der Waals surface area contributed by atoms with E-state index >= 15 is 0 Å². The van der Waals surface area contributed by atoms with E-state index < -0.39 is 0 Å². The predicted molar refractivity (Wildman–Crippen MR) is 70.3 cm³/mol. The summed E-state index contributed by atoms with van der Waals surface area (Å²) in [4.78, 5) is 5.22. The van der Waals surface area contributed by atoms with E-state index in [1.54, 1.807) is 29.3 Å². The lowest BCUT2D eigenvalue weighted by Crippen LogP contribution is -2.04. The highest BCUT2D eigenvalue weighted by Crippen LogP contribution is 2.35. The van der Waals surface area contributed by atoms with Gasteiger partial charge in [0.25, 0.3) is 0 Å². The summed E-state index contributed by atoms with van der Waals surface area (Å²) < 4.78 is 0.996. The Bertz CT molecular complexity index is 469. The van der Waals surface area contributed by atoms with Crippen molar-refractivity contribution in [1.82, 2.24) is 4.98 Å². The minimum absolute atomic E-state index is 0.0106. The molecule has 0 aliphatic heterocycles.